The van der Waals surface area contributed by atoms with Crippen molar-refractivity contribution in [2.45, 2.75) is 13.0 Å². The van der Waals surface area contributed by atoms with E-state index in [2.05, 4.69) is 5.16 Å². The number of carbonyl (C=O) groups excluding carboxylic acids is 2. The number of hydrogen-bond donors (Lipinski definition) is 0. The fourth-order valence-corrected chi connectivity index (χ4v) is 3.44. The normalized spacial score (nSPS) is 13.1. The van der Waals surface area contributed by atoms with Gasteiger partial charge in [-0.1, -0.05) is 22.8 Å². The van der Waals surface area contributed by atoms with Crippen LogP contribution in [0.5, 0.6) is 0 Å². The van der Waals surface area contributed by atoms with Gasteiger partial charge in [0, 0.05) is 28.3 Å². The molecule has 0 saturated carbocycles. The zero-order valence-corrected chi connectivity index (χ0v) is 15.9. The van der Waals surface area contributed by atoms with E-state index < -0.39 is 5.97 Å². The van der Waals surface area contributed by atoms with Crippen LogP contribution in [0.15, 0.2) is 53.1 Å². The maximum absolute atomic E-state index is 12.9. The molecule has 6 nitrogen and oxygen atoms in total. The van der Waals surface area contributed by atoms with Gasteiger partial charge in [0.1, 0.15) is 5.69 Å². The molecule has 0 radical (unpaired) electrons. The maximum atomic E-state index is 12.9. The van der Waals surface area contributed by atoms with Crippen LogP contribution in [0.25, 0.3) is 11.3 Å². The van der Waals surface area contributed by atoms with Crippen LogP contribution in [0.2, 0.25) is 5.02 Å². The number of hydrogen-bond acceptors (Lipinski definition) is 5. The Morgan fingerprint density at radius 1 is 1.14 bits per heavy atom. The molecule has 1 amide bonds. The van der Waals surface area contributed by atoms with Crippen LogP contribution < -0.4 is 0 Å². The minimum Gasteiger partial charge on any atom is -0.465 e. The number of benzene rings is 2. The zero-order chi connectivity index (χ0) is 19.7. The quantitative estimate of drug-likeness (QED) is 0.626. The van der Waals surface area contributed by atoms with Gasteiger partial charge in [-0.25, -0.2) is 4.79 Å². The summed E-state index contributed by atoms with van der Waals surface area (Å²) in [6, 6.07) is 13.9. The minimum absolute atomic E-state index is 0.160. The number of aromatic nitrogens is 1. The number of halogens is 1. The first kappa shape index (κ1) is 18.3. The molecule has 28 heavy (non-hydrogen) atoms. The summed E-state index contributed by atoms with van der Waals surface area (Å²) in [6.45, 7) is 0.893. The van der Waals surface area contributed by atoms with E-state index in [9.17, 15) is 9.59 Å². The molecule has 0 unspecified atom stereocenters. The Hall–Kier alpha value is -3.12. The zero-order valence-electron chi connectivity index (χ0n) is 15.1. The molecular weight excluding hydrogens is 380 g/mol. The van der Waals surface area contributed by atoms with Gasteiger partial charge in [0.2, 0.25) is 0 Å². The number of nitrogens with zero attached hydrogens (tertiary/aromatic N) is 2. The monoisotopic (exact) mass is 396 g/mol. The van der Waals surface area contributed by atoms with E-state index in [-0.39, 0.29) is 5.91 Å². The standard InChI is InChI=1S/C21H17ClN2O4/c1-27-21(26)15-4-2-3-14(11-15)20(25)24-10-9-17-18(12-24)23-28-19(17)13-5-7-16(22)8-6-13/h2-8,11H,9-10,12H2,1H3. The first-order valence-electron chi connectivity index (χ1n) is 8.78. The summed E-state index contributed by atoms with van der Waals surface area (Å²) in [7, 11) is 1.31. The van der Waals surface area contributed by atoms with Crippen LogP contribution in [0.3, 0.4) is 0 Å². The third kappa shape index (κ3) is 3.39. The van der Waals surface area contributed by atoms with Gasteiger partial charge in [0.15, 0.2) is 5.76 Å². The lowest BCUT2D eigenvalue weighted by molar-refractivity contribution is 0.0600. The summed E-state index contributed by atoms with van der Waals surface area (Å²) < 4.78 is 10.3. The fraction of sp³-hybridized carbons (Fsp3) is 0.190. The van der Waals surface area contributed by atoms with Gasteiger partial charge in [-0.15, -0.1) is 0 Å². The van der Waals surface area contributed by atoms with E-state index in [0.717, 1.165) is 16.8 Å². The van der Waals surface area contributed by atoms with Crippen LogP contribution in [-0.2, 0) is 17.7 Å². The Kier molecular flexibility index (Phi) is 4.88. The van der Waals surface area contributed by atoms with Crippen molar-refractivity contribution in [3.63, 3.8) is 0 Å². The first-order valence-corrected chi connectivity index (χ1v) is 9.15. The third-order valence-electron chi connectivity index (χ3n) is 4.77. The van der Waals surface area contributed by atoms with Crippen molar-refractivity contribution in [2.75, 3.05) is 13.7 Å². The molecule has 1 aliphatic rings. The summed E-state index contributed by atoms with van der Waals surface area (Å²) in [6.07, 6.45) is 0.638. The second-order valence-corrected chi connectivity index (χ2v) is 6.93. The Labute approximate surface area is 166 Å². The molecule has 7 heteroatoms. The third-order valence-corrected chi connectivity index (χ3v) is 5.02. The molecule has 0 fully saturated rings. The molecule has 0 N–H and O–H groups in total. The number of ether oxygens (including phenoxy) is 1. The van der Waals surface area contributed by atoms with Crippen molar-refractivity contribution in [3.05, 3.63) is 75.9 Å². The second kappa shape index (κ2) is 7.48. The molecule has 0 saturated heterocycles. The van der Waals surface area contributed by atoms with Crippen molar-refractivity contribution >= 4 is 23.5 Å². The Bertz CT molecular complexity index is 1040. The molecule has 1 aromatic heterocycles. The largest absolute Gasteiger partial charge is 0.465 e. The lowest BCUT2D eigenvalue weighted by Crippen LogP contribution is -2.36. The highest BCUT2D eigenvalue weighted by Crippen LogP contribution is 2.31. The van der Waals surface area contributed by atoms with E-state index in [0.29, 0.717) is 41.4 Å². The van der Waals surface area contributed by atoms with Crippen molar-refractivity contribution in [3.8, 4) is 11.3 Å². The van der Waals surface area contributed by atoms with Crippen molar-refractivity contribution in [1.82, 2.24) is 10.1 Å². The van der Waals surface area contributed by atoms with E-state index >= 15 is 0 Å². The predicted octanol–water partition coefficient (Wildman–Crippen LogP) is 3.98. The molecule has 142 valence electrons. The number of esters is 1. The average Bonchev–Trinajstić information content (AvgIpc) is 3.16. The topological polar surface area (TPSA) is 72.6 Å². The van der Waals surface area contributed by atoms with Gasteiger partial charge in [-0.2, -0.15) is 0 Å². The molecule has 0 atom stereocenters. The van der Waals surface area contributed by atoms with E-state index in [1.807, 2.05) is 12.1 Å². The molecule has 0 bridgehead atoms. The predicted molar refractivity (Wildman–Crippen MR) is 103 cm³/mol. The van der Waals surface area contributed by atoms with Crippen LogP contribution in [0.1, 0.15) is 32.0 Å². The highest BCUT2D eigenvalue weighted by Gasteiger charge is 2.28. The lowest BCUT2D eigenvalue weighted by atomic mass is 10.00. The number of amides is 1. The van der Waals surface area contributed by atoms with Crippen LogP contribution >= 0.6 is 11.6 Å². The van der Waals surface area contributed by atoms with Crippen molar-refractivity contribution < 1.29 is 18.8 Å². The molecule has 0 aliphatic carbocycles. The minimum atomic E-state index is -0.473. The second-order valence-electron chi connectivity index (χ2n) is 6.49. The smallest absolute Gasteiger partial charge is 0.337 e. The van der Waals surface area contributed by atoms with Crippen molar-refractivity contribution in [2.24, 2.45) is 0 Å². The van der Waals surface area contributed by atoms with Gasteiger partial charge in [-0.05, 0) is 48.9 Å². The van der Waals surface area contributed by atoms with Crippen LogP contribution in [-0.4, -0.2) is 35.6 Å². The molecule has 0 spiro atoms. The molecule has 3 aromatic rings. The number of fused-ring (bicyclic) bond motifs is 1. The van der Waals surface area contributed by atoms with E-state index in [4.69, 9.17) is 20.9 Å². The van der Waals surface area contributed by atoms with Gasteiger partial charge in [0.05, 0.1) is 19.2 Å². The SMILES string of the molecule is COC(=O)c1cccc(C(=O)N2CCc3c(noc3-c3ccc(Cl)cc3)C2)c1. The van der Waals surface area contributed by atoms with E-state index in [1.54, 1.807) is 41.3 Å². The molecule has 2 heterocycles. The Morgan fingerprint density at radius 2 is 1.89 bits per heavy atom. The lowest BCUT2D eigenvalue weighted by Gasteiger charge is -2.26. The highest BCUT2D eigenvalue weighted by atomic mass is 35.5. The van der Waals surface area contributed by atoms with Gasteiger partial charge >= 0.3 is 5.97 Å². The molecule has 1 aliphatic heterocycles. The number of carbonyl (C=O) groups is 2. The van der Waals surface area contributed by atoms with Gasteiger partial charge in [-0.3, -0.25) is 4.79 Å². The van der Waals surface area contributed by atoms with Gasteiger partial charge in [0.25, 0.3) is 5.91 Å². The molecule has 2 aromatic carbocycles. The summed E-state index contributed by atoms with van der Waals surface area (Å²) in [5.41, 5.74) is 3.44. The van der Waals surface area contributed by atoms with Crippen molar-refractivity contribution in [1.29, 1.82) is 0 Å². The molecular formula is C21H17ClN2O4. The fourth-order valence-electron chi connectivity index (χ4n) is 3.31. The average molecular weight is 397 g/mol. The summed E-state index contributed by atoms with van der Waals surface area (Å²) >= 11 is 5.95. The Morgan fingerprint density at radius 3 is 2.64 bits per heavy atom. The van der Waals surface area contributed by atoms with Crippen LogP contribution in [0, 0.1) is 0 Å². The highest BCUT2D eigenvalue weighted by molar-refractivity contribution is 6.30. The summed E-state index contributed by atoms with van der Waals surface area (Å²) in [5, 5.41) is 4.82. The number of methoxy groups -OCH3 is 1. The van der Waals surface area contributed by atoms with Crippen LogP contribution in [0.4, 0.5) is 0 Å². The summed E-state index contributed by atoms with van der Waals surface area (Å²) in [4.78, 5) is 26.3. The van der Waals surface area contributed by atoms with Gasteiger partial charge < -0.3 is 14.2 Å². The summed E-state index contributed by atoms with van der Waals surface area (Å²) in [5.74, 6) is 0.0820. The Balaban J connectivity index is 1.56. The number of rotatable bonds is 3. The van der Waals surface area contributed by atoms with E-state index in [1.165, 1.54) is 7.11 Å². The maximum Gasteiger partial charge on any atom is 0.337 e. The molecule has 4 rings (SSSR count). The first-order chi connectivity index (χ1) is 13.6.